The summed E-state index contributed by atoms with van der Waals surface area (Å²) in [5.74, 6) is 0. The van der Waals surface area contributed by atoms with Gasteiger partial charge in [-0.3, -0.25) is 0 Å². The molecule has 0 nitrogen and oxygen atoms in total. The zero-order valence-electron chi connectivity index (χ0n) is 44.0. The molecular weight excluding hydrogens is 841 g/mol. The minimum atomic E-state index is -0.145. The average Bonchev–Trinajstić information content (AvgIpc) is 3.78. The second-order valence-electron chi connectivity index (χ2n) is 26.9. The van der Waals surface area contributed by atoms with Gasteiger partial charge < -0.3 is 0 Å². The van der Waals surface area contributed by atoms with Crippen molar-refractivity contribution in [3.05, 3.63) is 143 Å². The van der Waals surface area contributed by atoms with Gasteiger partial charge in [0, 0.05) is 0 Å². The average molecular weight is 905 g/mol. The summed E-state index contributed by atoms with van der Waals surface area (Å²) in [6.45, 7) is 35.9. The molecule has 344 valence electrons. The number of fused-ring (bicyclic) bond motifs is 11. The third-order valence-electron chi connectivity index (χ3n) is 17.2. The summed E-state index contributed by atoms with van der Waals surface area (Å²) < 4.78 is 0. The standard InChI is InChI=1S/C70H64/c1-66(2,3)36-29-35-30-37(67(4,5)6)32-52-45-24-26-48-61-47(25-23-44(60(45)61)51(31-36)56(35)52)62-63(48)65(70(13,14)15)54-34-50-43-22-20-41-39-27-28-55(68(7,8)9)46-18-16-17-38(57(39)46)40-19-21-42(59(43)58(40)41)49(50)33-53(54)64(62)69(10,11)12/h16-34H,1-15H3. The van der Waals surface area contributed by atoms with Crippen molar-refractivity contribution in [1.29, 1.82) is 0 Å². The van der Waals surface area contributed by atoms with Gasteiger partial charge in [0.25, 0.3) is 0 Å². The maximum absolute atomic E-state index is 2.63. The summed E-state index contributed by atoms with van der Waals surface area (Å²) in [5.41, 5.74) is 6.92. The number of rotatable bonds is 0. The Bertz CT molecular complexity index is 4370. The van der Waals surface area contributed by atoms with Gasteiger partial charge in [0.05, 0.1) is 0 Å². The van der Waals surface area contributed by atoms with E-state index in [0.29, 0.717) is 0 Å². The van der Waals surface area contributed by atoms with E-state index in [-0.39, 0.29) is 27.1 Å². The minimum Gasteiger partial charge on any atom is -0.0610 e. The van der Waals surface area contributed by atoms with E-state index in [1.165, 1.54) is 168 Å². The Morgan fingerprint density at radius 2 is 0.557 bits per heavy atom. The van der Waals surface area contributed by atoms with Crippen LogP contribution in [0.4, 0.5) is 0 Å². The van der Waals surface area contributed by atoms with Gasteiger partial charge >= 0.3 is 0 Å². The molecule has 0 aliphatic heterocycles. The topological polar surface area (TPSA) is 0 Å². The van der Waals surface area contributed by atoms with Crippen molar-refractivity contribution in [3.63, 3.8) is 0 Å². The van der Waals surface area contributed by atoms with E-state index in [1.54, 1.807) is 0 Å². The monoisotopic (exact) mass is 905 g/mol. The molecule has 0 atom stereocenters. The van der Waals surface area contributed by atoms with Crippen LogP contribution in [-0.4, -0.2) is 0 Å². The van der Waals surface area contributed by atoms with Crippen molar-refractivity contribution in [3.8, 4) is 0 Å². The Balaban J connectivity index is 1.16. The maximum Gasteiger partial charge on any atom is -0.00137 e. The second-order valence-corrected chi connectivity index (χ2v) is 26.9. The van der Waals surface area contributed by atoms with Gasteiger partial charge in [-0.1, -0.05) is 195 Å². The lowest BCUT2D eigenvalue weighted by Crippen LogP contribution is -2.17. The molecule has 0 aromatic heterocycles. The first-order valence-electron chi connectivity index (χ1n) is 26.0. The lowest BCUT2D eigenvalue weighted by atomic mass is 9.74. The molecule has 0 heteroatoms. The normalized spacial score (nSPS) is 14.2. The van der Waals surface area contributed by atoms with Gasteiger partial charge in [-0.25, -0.2) is 0 Å². The molecule has 0 bridgehead atoms. The Hall–Kier alpha value is -6.50. The van der Waals surface area contributed by atoms with Crippen LogP contribution in [0.2, 0.25) is 0 Å². The van der Waals surface area contributed by atoms with Crippen LogP contribution in [0, 0.1) is 0 Å². The highest BCUT2D eigenvalue weighted by Gasteiger charge is 2.34. The van der Waals surface area contributed by atoms with Crippen LogP contribution in [-0.2, 0) is 27.1 Å². The van der Waals surface area contributed by atoms with E-state index in [1.807, 2.05) is 0 Å². The molecular formula is C70H64. The fourth-order valence-corrected chi connectivity index (χ4v) is 14.1. The van der Waals surface area contributed by atoms with Crippen molar-refractivity contribution in [1.82, 2.24) is 0 Å². The summed E-state index contributed by atoms with van der Waals surface area (Å²) >= 11 is 0. The molecule has 0 amide bonds. The highest BCUT2D eigenvalue weighted by Crippen LogP contribution is 2.56. The lowest BCUT2D eigenvalue weighted by molar-refractivity contribution is 0.590. The third-order valence-corrected chi connectivity index (χ3v) is 17.2. The largest absolute Gasteiger partial charge is 0.0610 e. The zero-order chi connectivity index (χ0) is 48.8. The van der Waals surface area contributed by atoms with Crippen molar-refractivity contribution in [2.24, 2.45) is 0 Å². The van der Waals surface area contributed by atoms with Gasteiger partial charge in [0.1, 0.15) is 0 Å². The Kier molecular flexibility index (Phi) is 7.80. The van der Waals surface area contributed by atoms with Gasteiger partial charge in [-0.2, -0.15) is 0 Å². The SMILES string of the molecule is CC(C)(C)c1cc2cc(C(C)(C)C)cc3c4ccc5c6c(C(C)(C)C)c7cc8c(cc7c(C(C)(C)C)c6c6ccc(c(c1)c23)c4c65)c1ccc2c3cccc4c(C(C)(C)C)ccc(c5ccc8c1c25)c43. The number of hydrogen-bond acceptors (Lipinski definition) is 0. The van der Waals surface area contributed by atoms with E-state index in [2.05, 4.69) is 219 Å². The lowest BCUT2D eigenvalue weighted by Gasteiger charge is -2.30. The predicted octanol–water partition coefficient (Wildman–Crippen LogP) is 20.9. The summed E-state index contributed by atoms with van der Waals surface area (Å²) in [4.78, 5) is 0. The summed E-state index contributed by atoms with van der Waals surface area (Å²) in [5, 5.41) is 36.1. The van der Waals surface area contributed by atoms with Crippen LogP contribution < -0.4 is 0 Å². The predicted molar refractivity (Wildman–Crippen MR) is 312 cm³/mol. The van der Waals surface area contributed by atoms with Crippen molar-refractivity contribution in [2.45, 2.75) is 131 Å². The van der Waals surface area contributed by atoms with E-state index in [4.69, 9.17) is 0 Å². The van der Waals surface area contributed by atoms with E-state index in [9.17, 15) is 0 Å². The van der Waals surface area contributed by atoms with E-state index in [0.717, 1.165) is 0 Å². The van der Waals surface area contributed by atoms with Gasteiger partial charge in [0.2, 0.25) is 0 Å². The van der Waals surface area contributed by atoms with Gasteiger partial charge in [-0.15, -0.1) is 0 Å². The molecule has 0 heterocycles. The summed E-state index contributed by atoms with van der Waals surface area (Å²) in [6.07, 6.45) is 0. The molecule has 14 rings (SSSR count). The molecule has 0 unspecified atom stereocenters. The summed E-state index contributed by atoms with van der Waals surface area (Å²) in [7, 11) is 0. The van der Waals surface area contributed by atoms with Crippen LogP contribution >= 0.6 is 0 Å². The van der Waals surface area contributed by atoms with Crippen molar-refractivity contribution >= 4 is 140 Å². The molecule has 0 aliphatic rings. The van der Waals surface area contributed by atoms with Crippen LogP contribution in [0.1, 0.15) is 132 Å². The fourth-order valence-electron chi connectivity index (χ4n) is 14.1. The highest BCUT2D eigenvalue weighted by molar-refractivity contribution is 6.46. The van der Waals surface area contributed by atoms with Crippen LogP contribution in [0.3, 0.4) is 0 Å². The first-order valence-corrected chi connectivity index (χ1v) is 26.0. The molecule has 0 aliphatic carbocycles. The molecule has 0 saturated carbocycles. The molecule has 0 saturated heterocycles. The smallest absolute Gasteiger partial charge is 0.00137 e. The highest BCUT2D eigenvalue weighted by atomic mass is 14.4. The molecule has 14 aromatic carbocycles. The first kappa shape index (κ1) is 42.4. The van der Waals surface area contributed by atoms with E-state index >= 15 is 0 Å². The molecule has 0 radical (unpaired) electrons. The first-order chi connectivity index (χ1) is 32.9. The Morgan fingerprint density at radius 1 is 0.214 bits per heavy atom. The van der Waals surface area contributed by atoms with Gasteiger partial charge in [0.15, 0.2) is 0 Å². The molecule has 14 aromatic rings. The van der Waals surface area contributed by atoms with Crippen LogP contribution in [0.5, 0.6) is 0 Å². The molecule has 0 N–H and O–H groups in total. The molecule has 0 spiro atoms. The van der Waals surface area contributed by atoms with Crippen molar-refractivity contribution < 1.29 is 0 Å². The molecule has 0 fully saturated rings. The number of hydrogen-bond donors (Lipinski definition) is 0. The zero-order valence-corrected chi connectivity index (χ0v) is 44.0. The second kappa shape index (κ2) is 12.9. The summed E-state index contributed by atoms with van der Waals surface area (Å²) in [6, 6.07) is 47.0. The minimum absolute atomic E-state index is 0.0141. The number of benzene rings is 12. The molecule has 70 heavy (non-hydrogen) atoms. The Labute approximate surface area is 412 Å². The maximum atomic E-state index is 2.63. The third kappa shape index (κ3) is 5.28. The van der Waals surface area contributed by atoms with Crippen molar-refractivity contribution in [2.75, 3.05) is 0 Å². The fraction of sp³-hybridized carbons (Fsp3) is 0.286. The Morgan fingerprint density at radius 3 is 0.971 bits per heavy atom. The van der Waals surface area contributed by atoms with Crippen LogP contribution in [0.15, 0.2) is 115 Å². The van der Waals surface area contributed by atoms with Crippen LogP contribution in [0.25, 0.3) is 140 Å². The van der Waals surface area contributed by atoms with Gasteiger partial charge in [-0.05, 0) is 219 Å². The van der Waals surface area contributed by atoms with E-state index < -0.39 is 0 Å². The quantitative estimate of drug-likeness (QED) is 0.105.